The van der Waals surface area contributed by atoms with Crippen LogP contribution < -0.4 is 9.47 Å². The first-order valence-corrected chi connectivity index (χ1v) is 9.28. The van der Waals surface area contributed by atoms with Gasteiger partial charge in [-0.1, -0.05) is 23.2 Å². The first kappa shape index (κ1) is 20.4. The molecule has 0 radical (unpaired) electrons. The van der Waals surface area contributed by atoms with Gasteiger partial charge in [-0.3, -0.25) is 9.78 Å². The first-order valence-electron chi connectivity index (χ1n) is 8.53. The van der Waals surface area contributed by atoms with Crippen molar-refractivity contribution in [3.05, 3.63) is 57.3 Å². The summed E-state index contributed by atoms with van der Waals surface area (Å²) in [5.74, 6) is 2.32. The lowest BCUT2D eigenvalue weighted by molar-refractivity contribution is 0.0194. The van der Waals surface area contributed by atoms with Crippen molar-refractivity contribution in [3.8, 4) is 11.5 Å². The van der Waals surface area contributed by atoms with Crippen LogP contribution in [-0.4, -0.2) is 36.5 Å². The molecule has 0 N–H and O–H groups in total. The number of hydrogen-bond acceptors (Lipinski definition) is 6. The number of ether oxygens (including phenoxy) is 3. The summed E-state index contributed by atoms with van der Waals surface area (Å²) in [5.41, 5.74) is 1.41. The van der Waals surface area contributed by atoms with E-state index in [0.29, 0.717) is 44.8 Å². The molecule has 0 bridgehead atoms. The molecule has 0 fully saturated rings. The number of pyridine rings is 1. The molecule has 1 aliphatic rings. The Kier molecular flexibility index (Phi) is 6.37. The summed E-state index contributed by atoms with van der Waals surface area (Å²) in [7, 11) is 1.50. The van der Waals surface area contributed by atoms with E-state index in [-0.39, 0.29) is 12.2 Å². The second-order valence-corrected chi connectivity index (χ2v) is 6.80. The van der Waals surface area contributed by atoms with Crippen molar-refractivity contribution in [3.63, 3.8) is 0 Å². The standard InChI is InChI=1S/C20H17Cl2NO5/c1-3-27-19-17(6-7-24)28-20-16(26-2)5-4-11(18(19)20)15(25)8-12-13(21)9-23-10-14(12)22/h4-6,9-10,17,19H,3,8H2,1-2H3. The highest BCUT2D eigenvalue weighted by atomic mass is 35.5. The predicted octanol–water partition coefficient (Wildman–Crippen LogP) is 4.05. The monoisotopic (exact) mass is 421 g/mol. The Morgan fingerprint density at radius 3 is 2.64 bits per heavy atom. The quantitative estimate of drug-likeness (QED) is 0.495. The molecule has 1 aliphatic heterocycles. The normalized spacial score (nSPS) is 17.4. The largest absolute Gasteiger partial charge is 0.493 e. The minimum atomic E-state index is -0.705. The summed E-state index contributed by atoms with van der Waals surface area (Å²) in [4.78, 5) is 27.9. The summed E-state index contributed by atoms with van der Waals surface area (Å²) in [5, 5.41) is 0.621. The van der Waals surface area contributed by atoms with E-state index in [0.717, 1.165) is 0 Å². The number of carbonyl (C=O) groups is 1. The fourth-order valence-electron chi connectivity index (χ4n) is 3.16. The maximum atomic E-state index is 13.1. The van der Waals surface area contributed by atoms with Crippen LogP contribution in [0.15, 0.2) is 30.6 Å². The molecule has 0 saturated carbocycles. The molecule has 0 aliphatic carbocycles. The van der Waals surface area contributed by atoms with E-state index in [2.05, 4.69) is 4.98 Å². The van der Waals surface area contributed by atoms with Crippen LogP contribution in [0.2, 0.25) is 10.0 Å². The smallest absolute Gasteiger partial charge is 0.168 e. The first-order chi connectivity index (χ1) is 13.5. The van der Waals surface area contributed by atoms with E-state index in [1.807, 2.05) is 6.92 Å². The van der Waals surface area contributed by atoms with Gasteiger partial charge in [0.05, 0.1) is 17.2 Å². The van der Waals surface area contributed by atoms with Gasteiger partial charge in [0, 0.05) is 48.2 Å². The van der Waals surface area contributed by atoms with Crippen LogP contribution in [0, 0.1) is 0 Å². The van der Waals surface area contributed by atoms with Gasteiger partial charge in [-0.05, 0) is 19.1 Å². The summed E-state index contributed by atoms with van der Waals surface area (Å²) < 4.78 is 17.0. The molecular formula is C20H17Cl2NO5. The van der Waals surface area contributed by atoms with Crippen LogP contribution >= 0.6 is 23.2 Å². The van der Waals surface area contributed by atoms with E-state index in [1.165, 1.54) is 25.6 Å². The molecule has 1 aromatic carbocycles. The highest BCUT2D eigenvalue weighted by Crippen LogP contribution is 2.47. The van der Waals surface area contributed by atoms with Gasteiger partial charge in [0.15, 0.2) is 23.4 Å². The van der Waals surface area contributed by atoms with E-state index < -0.39 is 12.2 Å². The van der Waals surface area contributed by atoms with E-state index in [1.54, 1.807) is 18.1 Å². The summed E-state index contributed by atoms with van der Waals surface area (Å²) in [6.07, 6.45) is 2.73. The number of fused-ring (bicyclic) bond motifs is 1. The molecule has 2 heterocycles. The van der Waals surface area contributed by atoms with Gasteiger partial charge in [0.2, 0.25) is 0 Å². The van der Waals surface area contributed by atoms with Crippen molar-refractivity contribution >= 4 is 34.9 Å². The Labute approximate surface area is 172 Å². The van der Waals surface area contributed by atoms with Crippen LogP contribution in [-0.2, 0) is 16.0 Å². The Morgan fingerprint density at radius 2 is 2.04 bits per heavy atom. The van der Waals surface area contributed by atoms with Gasteiger partial charge in [0.1, 0.15) is 12.0 Å². The van der Waals surface area contributed by atoms with Gasteiger partial charge in [-0.25, -0.2) is 4.79 Å². The lowest BCUT2D eigenvalue weighted by Gasteiger charge is -2.16. The van der Waals surface area contributed by atoms with Gasteiger partial charge in [0.25, 0.3) is 0 Å². The molecule has 0 saturated heterocycles. The van der Waals surface area contributed by atoms with Gasteiger partial charge < -0.3 is 14.2 Å². The molecule has 2 unspecified atom stereocenters. The minimum absolute atomic E-state index is 0.0218. The summed E-state index contributed by atoms with van der Waals surface area (Å²) in [6.45, 7) is 2.18. The number of methoxy groups -OCH3 is 1. The zero-order chi connectivity index (χ0) is 20.3. The van der Waals surface area contributed by atoms with Crippen LogP contribution in [0.4, 0.5) is 0 Å². The number of Topliss-reactive ketones (excluding diaryl/α,β-unsaturated/α-hetero) is 1. The molecule has 28 heavy (non-hydrogen) atoms. The van der Waals surface area contributed by atoms with Crippen molar-refractivity contribution in [2.45, 2.75) is 25.6 Å². The minimum Gasteiger partial charge on any atom is -0.493 e. The van der Waals surface area contributed by atoms with Crippen molar-refractivity contribution < 1.29 is 23.8 Å². The fourth-order valence-corrected chi connectivity index (χ4v) is 3.66. The highest BCUT2D eigenvalue weighted by molar-refractivity contribution is 6.36. The van der Waals surface area contributed by atoms with Gasteiger partial charge in [-0.15, -0.1) is 0 Å². The summed E-state index contributed by atoms with van der Waals surface area (Å²) in [6, 6.07) is 3.28. The number of rotatable bonds is 7. The lowest BCUT2D eigenvalue weighted by atomic mass is 9.94. The average Bonchev–Trinajstić information content (AvgIpc) is 3.03. The number of halogens is 2. The van der Waals surface area contributed by atoms with Crippen molar-refractivity contribution in [2.24, 2.45) is 0 Å². The van der Waals surface area contributed by atoms with Crippen LogP contribution in [0.5, 0.6) is 11.5 Å². The Balaban J connectivity index is 2.07. The van der Waals surface area contributed by atoms with E-state index in [9.17, 15) is 9.59 Å². The van der Waals surface area contributed by atoms with E-state index >= 15 is 0 Å². The Hall–Kier alpha value is -2.37. The molecule has 0 spiro atoms. The molecular weight excluding hydrogens is 405 g/mol. The lowest BCUT2D eigenvalue weighted by Crippen LogP contribution is -2.20. The highest BCUT2D eigenvalue weighted by Gasteiger charge is 2.39. The molecule has 8 heteroatoms. The second-order valence-electron chi connectivity index (χ2n) is 5.98. The number of nitrogens with zero attached hydrogens (tertiary/aromatic N) is 1. The Morgan fingerprint density at radius 1 is 1.32 bits per heavy atom. The summed E-state index contributed by atoms with van der Waals surface area (Å²) >= 11 is 12.3. The zero-order valence-electron chi connectivity index (χ0n) is 15.2. The maximum absolute atomic E-state index is 13.1. The van der Waals surface area contributed by atoms with Gasteiger partial charge in [-0.2, -0.15) is 0 Å². The van der Waals surface area contributed by atoms with Gasteiger partial charge >= 0.3 is 0 Å². The predicted molar refractivity (Wildman–Crippen MR) is 104 cm³/mol. The van der Waals surface area contributed by atoms with Crippen molar-refractivity contribution in [1.82, 2.24) is 4.98 Å². The number of carbonyl (C=O) groups excluding carboxylic acids is 2. The molecule has 6 nitrogen and oxygen atoms in total. The number of ketones is 1. The maximum Gasteiger partial charge on any atom is 0.168 e. The third-order valence-electron chi connectivity index (χ3n) is 4.39. The van der Waals surface area contributed by atoms with E-state index in [4.69, 9.17) is 37.4 Å². The second kappa shape index (κ2) is 8.76. The third kappa shape index (κ3) is 3.77. The third-order valence-corrected chi connectivity index (χ3v) is 5.04. The van der Waals surface area contributed by atoms with Crippen LogP contribution in [0.25, 0.3) is 0 Å². The SMILES string of the molecule is CCOC1c2c(C(=O)Cc3c(Cl)cncc3Cl)ccc(OC)c2OC1C=C=O. The van der Waals surface area contributed by atoms with Crippen molar-refractivity contribution in [1.29, 1.82) is 0 Å². The molecule has 2 atom stereocenters. The van der Waals surface area contributed by atoms with Crippen molar-refractivity contribution in [2.75, 3.05) is 13.7 Å². The molecule has 0 amide bonds. The zero-order valence-corrected chi connectivity index (χ0v) is 16.7. The average molecular weight is 422 g/mol. The van der Waals surface area contributed by atoms with Crippen LogP contribution in [0.3, 0.4) is 0 Å². The topological polar surface area (TPSA) is 74.7 Å². The Bertz CT molecular complexity index is 936. The molecule has 146 valence electrons. The number of hydrogen-bond donors (Lipinski definition) is 0. The molecule has 3 rings (SSSR count). The van der Waals surface area contributed by atoms with Crippen LogP contribution in [0.1, 0.15) is 34.5 Å². The number of aromatic nitrogens is 1. The molecule has 2 aromatic rings. The number of benzene rings is 1. The fraction of sp³-hybridized carbons (Fsp3) is 0.300. The molecule has 1 aromatic heterocycles.